The van der Waals surface area contributed by atoms with Crippen molar-refractivity contribution >= 4 is 29.5 Å². The number of aliphatic hydroxyl groups is 1. The summed E-state index contributed by atoms with van der Waals surface area (Å²) < 4.78 is 5.47. The van der Waals surface area contributed by atoms with Gasteiger partial charge in [0.15, 0.2) is 0 Å². The number of carbonyl (C=O) groups excluding carboxylic acids is 1. The first-order valence-electron chi connectivity index (χ1n) is 5.09. The first-order valence-corrected chi connectivity index (χ1v) is 5.85. The zero-order chi connectivity index (χ0) is 12.4. The fourth-order valence-corrected chi connectivity index (χ4v) is 2.43. The Morgan fingerprint density at radius 3 is 2.94 bits per heavy atom. The summed E-state index contributed by atoms with van der Waals surface area (Å²) in [5.41, 5.74) is 0.636. The number of carbonyl (C=O) groups is 1. The van der Waals surface area contributed by atoms with Crippen LogP contribution in [0, 0.1) is 0 Å². The van der Waals surface area contributed by atoms with E-state index in [-0.39, 0.29) is 13.3 Å². The third-order valence-corrected chi connectivity index (χ3v) is 3.14. The minimum atomic E-state index is -0.484. The first kappa shape index (κ1) is 12.6. The van der Waals surface area contributed by atoms with Crippen LogP contribution in [0.2, 0.25) is 10.0 Å². The summed E-state index contributed by atoms with van der Waals surface area (Å²) in [7, 11) is 0. The van der Waals surface area contributed by atoms with Crippen LogP contribution in [0.5, 0.6) is 5.75 Å². The highest BCUT2D eigenvalue weighted by Crippen LogP contribution is 2.40. The molecule has 0 radical (unpaired) electrons. The largest absolute Gasteiger partial charge is 0.476 e. The molecule has 17 heavy (non-hydrogen) atoms. The van der Waals surface area contributed by atoms with E-state index in [9.17, 15) is 4.79 Å². The highest BCUT2D eigenvalue weighted by atomic mass is 35.5. The number of benzene rings is 1. The molecule has 1 aromatic rings. The van der Waals surface area contributed by atoms with Gasteiger partial charge in [0.1, 0.15) is 18.8 Å². The maximum atomic E-state index is 11.2. The predicted octanol–water partition coefficient (Wildman–Crippen LogP) is 1.88. The second kappa shape index (κ2) is 5.23. The van der Waals surface area contributed by atoms with Crippen LogP contribution in [0.15, 0.2) is 12.1 Å². The van der Waals surface area contributed by atoms with Crippen LogP contribution in [0.25, 0.3) is 0 Å². The maximum Gasteiger partial charge on any atom is 0.145 e. The second-order valence-corrected chi connectivity index (χ2v) is 4.54. The molecule has 0 aliphatic carbocycles. The topological polar surface area (TPSA) is 49.8 Å². The monoisotopic (exact) mass is 275 g/mol. The number of fused-ring (bicyclic) bond motifs is 1. The molecule has 6 heteroatoms. The van der Waals surface area contributed by atoms with Crippen LogP contribution in [-0.4, -0.2) is 36.2 Å². The quantitative estimate of drug-likeness (QED) is 0.856. The zero-order valence-corrected chi connectivity index (χ0v) is 10.4. The number of aliphatic hydroxyl groups excluding tert-OH is 1. The molecule has 1 atom stereocenters. The molecule has 1 unspecified atom stereocenters. The van der Waals surface area contributed by atoms with Crippen LogP contribution >= 0.6 is 23.2 Å². The molecule has 1 N–H and O–H groups in total. The Bertz CT molecular complexity index is 439. The number of aldehydes is 1. The van der Waals surface area contributed by atoms with E-state index in [1.54, 1.807) is 17.0 Å². The molecule has 0 saturated heterocycles. The number of halogens is 2. The van der Waals surface area contributed by atoms with Crippen molar-refractivity contribution < 1.29 is 14.6 Å². The lowest BCUT2D eigenvalue weighted by Crippen LogP contribution is -2.39. The molecular weight excluding hydrogens is 265 g/mol. The van der Waals surface area contributed by atoms with Crippen molar-refractivity contribution in [2.75, 3.05) is 19.9 Å². The molecule has 0 amide bonds. The Labute approximate surface area is 109 Å². The van der Waals surface area contributed by atoms with Crippen molar-refractivity contribution in [2.45, 2.75) is 6.04 Å². The van der Waals surface area contributed by atoms with Gasteiger partial charge in [-0.15, -0.1) is 0 Å². The van der Waals surface area contributed by atoms with E-state index >= 15 is 0 Å². The van der Waals surface area contributed by atoms with Gasteiger partial charge >= 0.3 is 0 Å². The van der Waals surface area contributed by atoms with E-state index in [0.29, 0.717) is 27.9 Å². The number of ether oxygens (including phenoxy) is 1. The third-order valence-electron chi connectivity index (χ3n) is 2.64. The van der Waals surface area contributed by atoms with Crippen molar-refractivity contribution in [1.82, 2.24) is 4.90 Å². The summed E-state index contributed by atoms with van der Waals surface area (Å²) in [5.74, 6) is 0.488. The molecule has 0 fully saturated rings. The highest BCUT2D eigenvalue weighted by Gasteiger charge is 2.29. The molecule has 1 heterocycles. The van der Waals surface area contributed by atoms with Crippen molar-refractivity contribution in [3.8, 4) is 5.75 Å². The number of nitrogens with zero attached hydrogens (tertiary/aromatic N) is 1. The maximum absolute atomic E-state index is 11.2. The summed E-state index contributed by atoms with van der Waals surface area (Å²) in [5, 5.41) is 9.77. The lowest BCUT2D eigenvalue weighted by molar-refractivity contribution is -0.115. The Kier molecular flexibility index (Phi) is 3.89. The first-order chi connectivity index (χ1) is 8.17. The summed E-state index contributed by atoms with van der Waals surface area (Å²) in [6.45, 7) is 0.530. The molecule has 0 spiro atoms. The molecule has 1 aliphatic rings. The Morgan fingerprint density at radius 1 is 1.53 bits per heavy atom. The SMILES string of the molecule is O=CC1c2cc(Cl)cc(Cl)c2OCN1CCO. The number of rotatable bonds is 3. The van der Waals surface area contributed by atoms with Crippen molar-refractivity contribution in [1.29, 1.82) is 0 Å². The molecule has 2 rings (SSSR count). The molecule has 1 aromatic carbocycles. The second-order valence-electron chi connectivity index (χ2n) is 3.70. The summed E-state index contributed by atoms with van der Waals surface area (Å²) >= 11 is 11.9. The van der Waals surface area contributed by atoms with Crippen LogP contribution < -0.4 is 4.74 Å². The molecule has 4 nitrogen and oxygen atoms in total. The fourth-order valence-electron chi connectivity index (χ4n) is 1.87. The van der Waals surface area contributed by atoms with Gasteiger partial charge < -0.3 is 14.6 Å². The molecule has 0 bridgehead atoms. The van der Waals surface area contributed by atoms with Gasteiger partial charge in [0.25, 0.3) is 0 Å². The van der Waals surface area contributed by atoms with Gasteiger partial charge in [0, 0.05) is 17.1 Å². The average molecular weight is 276 g/mol. The lowest BCUT2D eigenvalue weighted by Gasteiger charge is -2.33. The Morgan fingerprint density at radius 2 is 2.29 bits per heavy atom. The van der Waals surface area contributed by atoms with Gasteiger partial charge in [-0.05, 0) is 12.1 Å². The Hall–Kier alpha value is -0.810. The average Bonchev–Trinajstić information content (AvgIpc) is 2.28. The van der Waals surface area contributed by atoms with Crippen molar-refractivity contribution in [3.05, 3.63) is 27.7 Å². The van der Waals surface area contributed by atoms with Gasteiger partial charge in [-0.25, -0.2) is 0 Å². The van der Waals surface area contributed by atoms with Gasteiger partial charge in [-0.1, -0.05) is 23.2 Å². The Balaban J connectivity index is 2.43. The molecule has 0 aromatic heterocycles. The molecule has 92 valence electrons. The minimum absolute atomic E-state index is 0.0443. The molecule has 0 saturated carbocycles. The van der Waals surface area contributed by atoms with Crippen molar-refractivity contribution in [2.24, 2.45) is 0 Å². The van der Waals surface area contributed by atoms with Crippen LogP contribution in [-0.2, 0) is 4.79 Å². The highest BCUT2D eigenvalue weighted by molar-refractivity contribution is 6.35. The van der Waals surface area contributed by atoms with Gasteiger partial charge in [-0.3, -0.25) is 4.90 Å². The number of hydrogen-bond acceptors (Lipinski definition) is 4. The van der Waals surface area contributed by atoms with Crippen LogP contribution in [0.4, 0.5) is 0 Å². The van der Waals surface area contributed by atoms with Crippen LogP contribution in [0.3, 0.4) is 0 Å². The van der Waals surface area contributed by atoms with Crippen molar-refractivity contribution in [3.63, 3.8) is 0 Å². The van der Waals surface area contributed by atoms with Gasteiger partial charge in [-0.2, -0.15) is 0 Å². The molecular formula is C11H11Cl2NO3. The van der Waals surface area contributed by atoms with E-state index in [4.69, 9.17) is 33.0 Å². The lowest BCUT2D eigenvalue weighted by atomic mass is 10.0. The van der Waals surface area contributed by atoms with Crippen LogP contribution in [0.1, 0.15) is 11.6 Å². The van der Waals surface area contributed by atoms with E-state index < -0.39 is 6.04 Å². The predicted molar refractivity (Wildman–Crippen MR) is 64.6 cm³/mol. The third kappa shape index (κ3) is 2.40. The summed E-state index contributed by atoms with van der Waals surface area (Å²) in [6, 6.07) is 2.75. The minimum Gasteiger partial charge on any atom is -0.476 e. The molecule has 1 aliphatic heterocycles. The smallest absolute Gasteiger partial charge is 0.145 e. The standard InChI is InChI=1S/C11H11Cl2NO3/c12-7-3-8-10(5-16)14(1-2-15)6-17-11(8)9(13)4-7/h3-5,10,15H,1-2,6H2. The van der Waals surface area contributed by atoms with Gasteiger partial charge in [0.2, 0.25) is 0 Å². The van der Waals surface area contributed by atoms with E-state index in [2.05, 4.69) is 0 Å². The van der Waals surface area contributed by atoms with E-state index in [0.717, 1.165) is 6.29 Å². The van der Waals surface area contributed by atoms with E-state index in [1.807, 2.05) is 0 Å². The number of hydrogen-bond donors (Lipinski definition) is 1. The zero-order valence-electron chi connectivity index (χ0n) is 8.90. The van der Waals surface area contributed by atoms with Gasteiger partial charge in [0.05, 0.1) is 17.7 Å². The normalized spacial score (nSPS) is 19.6. The fraction of sp³-hybridized carbons (Fsp3) is 0.364. The summed E-state index contributed by atoms with van der Waals surface area (Å²) in [6.07, 6.45) is 0.795. The van der Waals surface area contributed by atoms with E-state index in [1.165, 1.54) is 0 Å². The number of β-amino-alcohol motifs (C(OH)–C–C–N with tert-alkyl or cyclic N) is 1. The summed E-state index contributed by atoms with van der Waals surface area (Å²) in [4.78, 5) is 12.9.